The van der Waals surface area contributed by atoms with E-state index in [1.807, 2.05) is 20.8 Å². The van der Waals surface area contributed by atoms with E-state index < -0.39 is 0 Å². The van der Waals surface area contributed by atoms with Crippen molar-refractivity contribution < 1.29 is 4.39 Å². The quantitative estimate of drug-likeness (QED) is 0.821. The van der Waals surface area contributed by atoms with Crippen LogP contribution in [0.2, 0.25) is 0 Å². The maximum absolute atomic E-state index is 13.1. The van der Waals surface area contributed by atoms with Crippen LogP contribution in [0.1, 0.15) is 16.7 Å². The summed E-state index contributed by atoms with van der Waals surface area (Å²) in [6.07, 6.45) is 0. The third-order valence-corrected chi connectivity index (χ3v) is 3.00. The van der Waals surface area contributed by atoms with E-state index >= 15 is 0 Å². The van der Waals surface area contributed by atoms with E-state index in [-0.39, 0.29) is 5.82 Å². The maximum Gasteiger partial charge on any atom is 0.149 e. The Bertz CT molecular complexity index is 579. The van der Waals surface area contributed by atoms with Crippen LogP contribution in [-0.4, -0.2) is 10.2 Å². The molecule has 0 spiro atoms. The predicted molar refractivity (Wildman–Crippen MR) is 66.0 cm³/mol. The van der Waals surface area contributed by atoms with E-state index in [1.165, 1.54) is 12.1 Å². The smallest absolute Gasteiger partial charge is 0.149 e. The van der Waals surface area contributed by atoms with Gasteiger partial charge in [0.25, 0.3) is 0 Å². The minimum absolute atomic E-state index is 0.246. The first-order valence-electron chi connectivity index (χ1n) is 5.36. The molecule has 2 aromatic rings. The van der Waals surface area contributed by atoms with Crippen molar-refractivity contribution >= 4 is 5.82 Å². The molecule has 0 atom stereocenters. The van der Waals surface area contributed by atoms with Crippen LogP contribution in [0.3, 0.4) is 0 Å². The molecule has 0 aliphatic carbocycles. The second kappa shape index (κ2) is 4.13. The van der Waals surface area contributed by atoms with Crippen LogP contribution < -0.4 is 5.73 Å². The number of aromatic nitrogens is 2. The number of anilines is 1. The molecule has 0 fully saturated rings. The zero-order chi connectivity index (χ0) is 12.6. The Balaban J connectivity index is 2.65. The first-order valence-corrected chi connectivity index (χ1v) is 5.36. The highest BCUT2D eigenvalue weighted by Gasteiger charge is 2.11. The van der Waals surface area contributed by atoms with Crippen molar-refractivity contribution in [2.45, 2.75) is 20.8 Å². The maximum atomic E-state index is 13.1. The summed E-state index contributed by atoms with van der Waals surface area (Å²) in [7, 11) is 0. The summed E-state index contributed by atoms with van der Waals surface area (Å²) in [5.41, 5.74) is 10.1. The summed E-state index contributed by atoms with van der Waals surface area (Å²) in [5, 5.41) is 8.02. The number of nitrogens with zero attached hydrogens (tertiary/aromatic N) is 2. The number of hydrogen-bond acceptors (Lipinski definition) is 3. The van der Waals surface area contributed by atoms with Crippen molar-refractivity contribution in [3.05, 3.63) is 40.7 Å². The van der Waals surface area contributed by atoms with Crippen molar-refractivity contribution in [3.8, 4) is 11.3 Å². The second-order valence-corrected chi connectivity index (χ2v) is 4.14. The number of nitrogens with two attached hydrogens (primary N) is 1. The lowest BCUT2D eigenvalue weighted by molar-refractivity contribution is 0.627. The number of halogens is 1. The van der Waals surface area contributed by atoms with Crippen LogP contribution >= 0.6 is 0 Å². The Kier molecular flexibility index (Phi) is 2.79. The molecule has 88 valence electrons. The van der Waals surface area contributed by atoms with E-state index in [1.54, 1.807) is 6.07 Å². The van der Waals surface area contributed by atoms with Gasteiger partial charge in [0.2, 0.25) is 0 Å². The van der Waals surface area contributed by atoms with Gasteiger partial charge in [0.05, 0.1) is 5.69 Å². The third kappa shape index (κ3) is 1.98. The monoisotopic (exact) mass is 231 g/mol. The molecule has 2 rings (SSSR count). The lowest BCUT2D eigenvalue weighted by Gasteiger charge is -2.10. The Morgan fingerprint density at radius 2 is 1.76 bits per heavy atom. The molecule has 1 aromatic heterocycles. The van der Waals surface area contributed by atoms with Gasteiger partial charge in [-0.1, -0.05) is 0 Å². The molecule has 0 aliphatic rings. The molecule has 0 amide bonds. The topological polar surface area (TPSA) is 51.8 Å². The van der Waals surface area contributed by atoms with Gasteiger partial charge in [-0.2, -0.15) is 0 Å². The molecular formula is C13H14FN3. The Morgan fingerprint density at radius 1 is 1.06 bits per heavy atom. The highest BCUT2D eigenvalue weighted by molar-refractivity contribution is 5.68. The van der Waals surface area contributed by atoms with Gasteiger partial charge in [-0.05, 0) is 55.7 Å². The zero-order valence-corrected chi connectivity index (χ0v) is 10.1. The molecule has 0 unspecified atom stereocenters. The molecular weight excluding hydrogens is 217 g/mol. The first kappa shape index (κ1) is 11.5. The fraction of sp³-hybridized carbons (Fsp3) is 0.231. The van der Waals surface area contributed by atoms with Gasteiger partial charge in [0, 0.05) is 5.56 Å². The molecule has 2 N–H and O–H groups in total. The SMILES string of the molecule is Cc1cc(F)ccc1-c1nnc(N)c(C)c1C. The van der Waals surface area contributed by atoms with Gasteiger partial charge in [-0.25, -0.2) is 4.39 Å². The van der Waals surface area contributed by atoms with Gasteiger partial charge >= 0.3 is 0 Å². The number of aryl methyl sites for hydroxylation is 1. The fourth-order valence-corrected chi connectivity index (χ4v) is 1.77. The van der Waals surface area contributed by atoms with Crippen molar-refractivity contribution in [1.29, 1.82) is 0 Å². The van der Waals surface area contributed by atoms with Gasteiger partial charge in [-0.3, -0.25) is 0 Å². The number of hydrogen-bond donors (Lipinski definition) is 1. The molecule has 1 heterocycles. The van der Waals surface area contributed by atoms with Crippen LogP contribution in [0.4, 0.5) is 10.2 Å². The predicted octanol–water partition coefficient (Wildman–Crippen LogP) is 2.79. The third-order valence-electron chi connectivity index (χ3n) is 3.00. The van der Waals surface area contributed by atoms with E-state index in [4.69, 9.17) is 5.73 Å². The largest absolute Gasteiger partial charge is 0.382 e. The highest BCUT2D eigenvalue weighted by atomic mass is 19.1. The number of rotatable bonds is 1. The normalized spacial score (nSPS) is 10.6. The number of nitrogen functional groups attached to an aromatic ring is 1. The zero-order valence-electron chi connectivity index (χ0n) is 10.1. The molecule has 0 saturated heterocycles. The summed E-state index contributed by atoms with van der Waals surface area (Å²) in [5.74, 6) is 0.190. The molecule has 0 bridgehead atoms. The minimum Gasteiger partial charge on any atom is -0.382 e. The van der Waals surface area contributed by atoms with E-state index in [9.17, 15) is 4.39 Å². The van der Waals surface area contributed by atoms with E-state index in [0.29, 0.717) is 5.82 Å². The molecule has 0 radical (unpaired) electrons. The number of benzene rings is 1. The van der Waals surface area contributed by atoms with Crippen LogP contribution in [0.15, 0.2) is 18.2 Å². The summed E-state index contributed by atoms with van der Waals surface area (Å²) in [6, 6.07) is 4.63. The highest BCUT2D eigenvalue weighted by Crippen LogP contribution is 2.27. The lowest BCUT2D eigenvalue weighted by atomic mass is 10.00. The first-order chi connectivity index (χ1) is 8.00. The summed E-state index contributed by atoms with van der Waals surface area (Å²) < 4.78 is 13.1. The fourth-order valence-electron chi connectivity index (χ4n) is 1.77. The average molecular weight is 231 g/mol. The van der Waals surface area contributed by atoms with Gasteiger partial charge in [-0.15, -0.1) is 10.2 Å². The van der Waals surface area contributed by atoms with Gasteiger partial charge < -0.3 is 5.73 Å². The molecule has 1 aromatic carbocycles. The van der Waals surface area contributed by atoms with Crippen LogP contribution in [0.25, 0.3) is 11.3 Å². The molecule has 17 heavy (non-hydrogen) atoms. The van der Waals surface area contributed by atoms with Crippen LogP contribution in [0.5, 0.6) is 0 Å². The second-order valence-electron chi connectivity index (χ2n) is 4.14. The molecule has 3 nitrogen and oxygen atoms in total. The summed E-state index contributed by atoms with van der Waals surface area (Å²) in [6.45, 7) is 5.70. The summed E-state index contributed by atoms with van der Waals surface area (Å²) in [4.78, 5) is 0. The van der Waals surface area contributed by atoms with Crippen LogP contribution in [0, 0.1) is 26.6 Å². The van der Waals surface area contributed by atoms with Crippen molar-refractivity contribution in [1.82, 2.24) is 10.2 Å². The van der Waals surface area contributed by atoms with Gasteiger partial charge in [0.15, 0.2) is 0 Å². The Morgan fingerprint density at radius 3 is 2.41 bits per heavy atom. The minimum atomic E-state index is -0.246. The Hall–Kier alpha value is -1.97. The van der Waals surface area contributed by atoms with E-state index in [0.717, 1.165) is 27.9 Å². The van der Waals surface area contributed by atoms with Crippen LogP contribution in [-0.2, 0) is 0 Å². The van der Waals surface area contributed by atoms with Crippen molar-refractivity contribution in [2.24, 2.45) is 0 Å². The molecule has 0 saturated carbocycles. The van der Waals surface area contributed by atoms with Crippen molar-refractivity contribution in [3.63, 3.8) is 0 Å². The average Bonchev–Trinajstić information content (AvgIpc) is 2.28. The van der Waals surface area contributed by atoms with E-state index in [2.05, 4.69) is 10.2 Å². The molecule has 0 aliphatic heterocycles. The van der Waals surface area contributed by atoms with Gasteiger partial charge in [0.1, 0.15) is 11.6 Å². The molecule has 4 heteroatoms. The lowest BCUT2D eigenvalue weighted by Crippen LogP contribution is -2.02. The van der Waals surface area contributed by atoms with Crippen molar-refractivity contribution in [2.75, 3.05) is 5.73 Å². The summed E-state index contributed by atoms with van der Waals surface area (Å²) >= 11 is 0. The standard InChI is InChI=1S/C13H14FN3/c1-7-6-10(14)4-5-11(7)12-8(2)9(3)13(15)17-16-12/h4-6H,1-3H3,(H2,15,17). The Labute approximate surface area is 99.5 Å².